The molecule has 0 heterocycles. The van der Waals surface area contributed by atoms with Crippen LogP contribution in [0.3, 0.4) is 0 Å². The van der Waals surface area contributed by atoms with Crippen LogP contribution in [0.25, 0.3) is 0 Å². The van der Waals surface area contributed by atoms with Gasteiger partial charge >= 0.3 is 17.9 Å². The van der Waals surface area contributed by atoms with Gasteiger partial charge in [-0.2, -0.15) is 0 Å². The second-order valence-electron chi connectivity index (χ2n) is 6.17. The first kappa shape index (κ1) is 22.4. The van der Waals surface area contributed by atoms with Crippen molar-refractivity contribution in [3.8, 4) is 0 Å². The molecule has 11 nitrogen and oxygen atoms in total. The molecule has 1 aliphatic rings. The molecule has 0 aromatic rings. The SMILES string of the molecule is CC(=O)N[C@@H]1C(O)[C@@H](NC(C)=O)[C@@H](OC(C)=O)C(OC(C)=O)[C@H]1OC(C)=O. The van der Waals surface area contributed by atoms with E-state index in [1.807, 2.05) is 0 Å². The van der Waals surface area contributed by atoms with Crippen LogP contribution in [0.5, 0.6) is 0 Å². The number of aliphatic hydroxyl groups is 1. The van der Waals surface area contributed by atoms with Crippen LogP contribution in [0.1, 0.15) is 34.6 Å². The van der Waals surface area contributed by atoms with Gasteiger partial charge in [-0.1, -0.05) is 0 Å². The third-order valence-corrected chi connectivity index (χ3v) is 3.74. The highest BCUT2D eigenvalue weighted by Gasteiger charge is 2.56. The second-order valence-corrected chi connectivity index (χ2v) is 6.17. The highest BCUT2D eigenvalue weighted by Crippen LogP contribution is 2.29. The molecule has 152 valence electrons. The van der Waals surface area contributed by atoms with Crippen LogP contribution < -0.4 is 10.6 Å². The summed E-state index contributed by atoms with van der Waals surface area (Å²) in [5, 5.41) is 15.5. The van der Waals surface area contributed by atoms with E-state index in [1.165, 1.54) is 13.8 Å². The second kappa shape index (κ2) is 9.31. The normalized spacial score (nSPS) is 29.9. The van der Waals surface area contributed by atoms with Gasteiger partial charge in [0.05, 0.1) is 12.1 Å². The fourth-order valence-electron chi connectivity index (χ4n) is 3.00. The summed E-state index contributed by atoms with van der Waals surface area (Å²) in [5.41, 5.74) is 0. The number of aliphatic hydroxyl groups excluding tert-OH is 1. The summed E-state index contributed by atoms with van der Waals surface area (Å²) in [7, 11) is 0. The first-order valence-electron chi connectivity index (χ1n) is 8.18. The number of nitrogens with one attached hydrogen (secondary N) is 2. The Bertz CT molecular complexity index is 577. The first-order chi connectivity index (χ1) is 12.4. The van der Waals surface area contributed by atoms with Crippen molar-refractivity contribution < 1.29 is 43.3 Å². The summed E-state index contributed by atoms with van der Waals surface area (Å²) in [4.78, 5) is 57.8. The van der Waals surface area contributed by atoms with E-state index in [-0.39, 0.29) is 0 Å². The summed E-state index contributed by atoms with van der Waals surface area (Å²) in [6.07, 6.45) is -5.62. The van der Waals surface area contributed by atoms with Crippen LogP contribution in [0.4, 0.5) is 0 Å². The third kappa shape index (κ3) is 6.20. The van der Waals surface area contributed by atoms with Gasteiger partial charge in [0.15, 0.2) is 18.3 Å². The minimum atomic E-state index is -1.52. The molecular weight excluding hydrogens is 364 g/mol. The highest BCUT2D eigenvalue weighted by atomic mass is 16.6. The first-order valence-corrected chi connectivity index (χ1v) is 8.18. The molecule has 1 saturated carbocycles. The topological polar surface area (TPSA) is 157 Å². The smallest absolute Gasteiger partial charge is 0.303 e. The van der Waals surface area contributed by atoms with Crippen molar-refractivity contribution in [2.75, 3.05) is 0 Å². The van der Waals surface area contributed by atoms with E-state index < -0.39 is 66.2 Å². The monoisotopic (exact) mass is 388 g/mol. The number of rotatable bonds is 5. The zero-order chi connectivity index (χ0) is 20.9. The number of esters is 3. The van der Waals surface area contributed by atoms with Crippen LogP contribution in [0, 0.1) is 0 Å². The lowest BCUT2D eigenvalue weighted by Gasteiger charge is -2.47. The fourth-order valence-corrected chi connectivity index (χ4v) is 3.00. The molecule has 0 bridgehead atoms. The molecule has 1 aliphatic carbocycles. The molecule has 11 heteroatoms. The number of amides is 2. The van der Waals surface area contributed by atoms with E-state index in [0.717, 1.165) is 20.8 Å². The van der Waals surface area contributed by atoms with Gasteiger partial charge in [-0.25, -0.2) is 0 Å². The fraction of sp³-hybridized carbons (Fsp3) is 0.688. The maximum absolute atomic E-state index is 11.6. The lowest BCUT2D eigenvalue weighted by Crippen LogP contribution is -2.73. The van der Waals surface area contributed by atoms with Gasteiger partial charge in [0.2, 0.25) is 11.8 Å². The number of hydrogen-bond donors (Lipinski definition) is 3. The van der Waals surface area contributed by atoms with Gasteiger partial charge in [0.1, 0.15) is 6.10 Å². The van der Waals surface area contributed by atoms with Crippen LogP contribution in [-0.4, -0.2) is 71.3 Å². The Hall–Kier alpha value is -2.69. The molecule has 1 fully saturated rings. The van der Waals surface area contributed by atoms with E-state index in [0.29, 0.717) is 0 Å². The Labute approximate surface area is 155 Å². The predicted octanol–water partition coefficient (Wildman–Crippen LogP) is -1.83. The van der Waals surface area contributed by atoms with Gasteiger partial charge in [0, 0.05) is 34.6 Å². The minimum absolute atomic E-state index is 0.565. The van der Waals surface area contributed by atoms with Crippen molar-refractivity contribution in [2.45, 2.75) is 71.1 Å². The van der Waals surface area contributed by atoms with Gasteiger partial charge in [-0.15, -0.1) is 0 Å². The molecule has 2 unspecified atom stereocenters. The van der Waals surface area contributed by atoms with Gasteiger partial charge in [0.25, 0.3) is 0 Å². The number of carbonyl (C=O) groups is 5. The van der Waals surface area contributed by atoms with E-state index in [4.69, 9.17) is 14.2 Å². The van der Waals surface area contributed by atoms with Crippen molar-refractivity contribution in [1.82, 2.24) is 10.6 Å². The average molecular weight is 388 g/mol. The summed E-state index contributed by atoms with van der Waals surface area (Å²) < 4.78 is 15.5. The van der Waals surface area contributed by atoms with Crippen molar-refractivity contribution in [3.05, 3.63) is 0 Å². The Balaban J connectivity index is 3.46. The molecule has 0 aromatic carbocycles. The van der Waals surface area contributed by atoms with Crippen molar-refractivity contribution >= 4 is 29.7 Å². The van der Waals surface area contributed by atoms with Crippen molar-refractivity contribution in [2.24, 2.45) is 0 Å². The van der Waals surface area contributed by atoms with Crippen molar-refractivity contribution in [3.63, 3.8) is 0 Å². The molecule has 1 rings (SSSR count). The zero-order valence-electron chi connectivity index (χ0n) is 15.7. The lowest BCUT2D eigenvalue weighted by atomic mass is 9.80. The van der Waals surface area contributed by atoms with E-state index in [1.54, 1.807) is 0 Å². The largest absolute Gasteiger partial charge is 0.456 e. The molecule has 0 saturated heterocycles. The molecule has 0 aliphatic heterocycles. The Morgan fingerprint density at radius 3 is 1.19 bits per heavy atom. The van der Waals surface area contributed by atoms with Gasteiger partial charge in [-0.3, -0.25) is 24.0 Å². The third-order valence-electron chi connectivity index (χ3n) is 3.74. The van der Waals surface area contributed by atoms with E-state index >= 15 is 0 Å². The number of carbonyl (C=O) groups excluding carboxylic acids is 5. The Kier molecular flexibility index (Phi) is 7.70. The predicted molar refractivity (Wildman–Crippen MR) is 87.9 cm³/mol. The van der Waals surface area contributed by atoms with Gasteiger partial charge in [-0.05, 0) is 0 Å². The Morgan fingerprint density at radius 1 is 0.630 bits per heavy atom. The summed E-state index contributed by atoms with van der Waals surface area (Å²) >= 11 is 0. The number of hydrogen-bond acceptors (Lipinski definition) is 9. The lowest BCUT2D eigenvalue weighted by molar-refractivity contribution is -0.208. The molecule has 0 spiro atoms. The van der Waals surface area contributed by atoms with Crippen molar-refractivity contribution in [1.29, 1.82) is 0 Å². The van der Waals surface area contributed by atoms with E-state index in [2.05, 4.69) is 10.6 Å². The molecule has 0 radical (unpaired) electrons. The molecule has 27 heavy (non-hydrogen) atoms. The van der Waals surface area contributed by atoms with Crippen LogP contribution in [0.2, 0.25) is 0 Å². The molecule has 0 aromatic heterocycles. The summed E-state index contributed by atoms with van der Waals surface area (Å²) in [6.45, 7) is 5.60. The number of ether oxygens (including phenoxy) is 3. The standard InChI is InChI=1S/C16H24N2O9/c1-6(19)17-11-13(24)12(18-7(2)20)15(26-9(4)22)16(27-10(5)23)14(11)25-8(3)21/h11-16,24H,1-5H3,(H,17,19)(H,18,20)/t11-,12-,13?,14-,15+,16?/m1/s1. The molecule has 6 atom stereocenters. The maximum atomic E-state index is 11.6. The quantitative estimate of drug-likeness (QED) is 0.364. The van der Waals surface area contributed by atoms with Gasteiger partial charge < -0.3 is 30.0 Å². The van der Waals surface area contributed by atoms with Crippen LogP contribution >= 0.6 is 0 Å². The molecular formula is C16H24N2O9. The highest BCUT2D eigenvalue weighted by molar-refractivity contribution is 5.75. The summed E-state index contributed by atoms with van der Waals surface area (Å²) in [6, 6.07) is -2.47. The average Bonchev–Trinajstić information content (AvgIpc) is 2.49. The maximum Gasteiger partial charge on any atom is 0.303 e. The van der Waals surface area contributed by atoms with E-state index in [9.17, 15) is 29.1 Å². The minimum Gasteiger partial charge on any atom is -0.456 e. The molecule has 2 amide bonds. The van der Waals surface area contributed by atoms with Crippen LogP contribution in [0.15, 0.2) is 0 Å². The van der Waals surface area contributed by atoms with Crippen LogP contribution in [-0.2, 0) is 38.2 Å². The molecule has 3 N–H and O–H groups in total. The Morgan fingerprint density at radius 2 is 0.926 bits per heavy atom. The summed E-state index contributed by atoms with van der Waals surface area (Å²) in [5.74, 6) is -3.47. The zero-order valence-corrected chi connectivity index (χ0v) is 15.7.